The second kappa shape index (κ2) is 5.10. The predicted octanol–water partition coefficient (Wildman–Crippen LogP) is 1.72. The molecule has 2 heterocycles. The molecule has 1 unspecified atom stereocenters. The molecule has 1 saturated heterocycles. The first-order chi connectivity index (χ1) is 8.52. The number of rotatable bonds is 3. The topological polar surface area (TPSA) is 64.3 Å². The number of aromatic nitrogens is 2. The van der Waals surface area contributed by atoms with E-state index in [-0.39, 0.29) is 5.92 Å². The number of ether oxygens (including phenoxy) is 1. The molecule has 5 nitrogen and oxygen atoms in total. The van der Waals surface area contributed by atoms with Crippen LogP contribution in [0.3, 0.4) is 0 Å². The predicted molar refractivity (Wildman–Crippen MR) is 72.9 cm³/mol. The van der Waals surface area contributed by atoms with E-state index in [1.54, 1.807) is 7.11 Å². The molecule has 2 rings (SSSR count). The van der Waals surface area contributed by atoms with Crippen LogP contribution in [0.4, 0.5) is 11.6 Å². The average molecular weight is 250 g/mol. The quantitative estimate of drug-likeness (QED) is 0.884. The van der Waals surface area contributed by atoms with Gasteiger partial charge in [-0.25, -0.2) is 9.97 Å². The molecular formula is C13H22N4O. The van der Waals surface area contributed by atoms with Crippen LogP contribution in [-0.2, 0) is 4.74 Å². The maximum atomic E-state index is 5.98. The van der Waals surface area contributed by atoms with Gasteiger partial charge >= 0.3 is 0 Å². The Morgan fingerprint density at radius 3 is 2.67 bits per heavy atom. The third kappa shape index (κ3) is 2.41. The number of nitrogen functional groups attached to an aromatic ring is 1. The molecule has 1 aromatic rings. The minimum Gasteiger partial charge on any atom is -0.383 e. The Morgan fingerprint density at radius 2 is 2.11 bits per heavy atom. The Hall–Kier alpha value is -1.36. The van der Waals surface area contributed by atoms with E-state index in [0.717, 1.165) is 36.7 Å². The summed E-state index contributed by atoms with van der Waals surface area (Å²) in [4.78, 5) is 11.3. The van der Waals surface area contributed by atoms with Crippen LogP contribution >= 0.6 is 0 Å². The van der Waals surface area contributed by atoms with Crippen molar-refractivity contribution in [1.29, 1.82) is 0 Å². The van der Waals surface area contributed by atoms with Gasteiger partial charge in [-0.15, -0.1) is 0 Å². The van der Waals surface area contributed by atoms with Crippen molar-refractivity contribution in [3.8, 4) is 0 Å². The molecule has 100 valence electrons. The first kappa shape index (κ1) is 13.1. The fraction of sp³-hybridized carbons (Fsp3) is 0.692. The van der Waals surface area contributed by atoms with Crippen LogP contribution in [0.25, 0.3) is 0 Å². The molecule has 1 fully saturated rings. The fourth-order valence-electron chi connectivity index (χ4n) is 2.22. The van der Waals surface area contributed by atoms with Gasteiger partial charge in [0.1, 0.15) is 17.5 Å². The smallest absolute Gasteiger partial charge is 0.137 e. The van der Waals surface area contributed by atoms with Gasteiger partial charge in [-0.05, 0) is 13.3 Å². The number of nitrogens with two attached hydrogens (primary N) is 1. The molecule has 5 heteroatoms. The van der Waals surface area contributed by atoms with Crippen LogP contribution in [-0.4, -0.2) is 36.3 Å². The third-order valence-corrected chi connectivity index (χ3v) is 3.47. The summed E-state index contributed by atoms with van der Waals surface area (Å²) in [5, 5.41) is 0. The highest BCUT2D eigenvalue weighted by Crippen LogP contribution is 2.27. The summed E-state index contributed by atoms with van der Waals surface area (Å²) in [6.07, 6.45) is 1.33. The SMILES string of the molecule is COC1CCN(c2nc(C(C)C)nc(N)c2C)C1. The lowest BCUT2D eigenvalue weighted by molar-refractivity contribution is 0.121. The summed E-state index contributed by atoms with van der Waals surface area (Å²) in [5.74, 6) is 2.65. The molecule has 0 radical (unpaired) electrons. The summed E-state index contributed by atoms with van der Waals surface area (Å²) in [6.45, 7) is 7.99. The summed E-state index contributed by atoms with van der Waals surface area (Å²) >= 11 is 0. The largest absolute Gasteiger partial charge is 0.383 e. The van der Waals surface area contributed by atoms with Crippen molar-refractivity contribution < 1.29 is 4.74 Å². The highest BCUT2D eigenvalue weighted by molar-refractivity contribution is 5.57. The number of hydrogen-bond acceptors (Lipinski definition) is 5. The number of hydrogen-bond donors (Lipinski definition) is 1. The second-order valence-corrected chi connectivity index (χ2v) is 5.16. The van der Waals surface area contributed by atoms with Gasteiger partial charge in [0.25, 0.3) is 0 Å². The van der Waals surface area contributed by atoms with Crippen molar-refractivity contribution in [2.24, 2.45) is 0 Å². The lowest BCUT2D eigenvalue weighted by Crippen LogP contribution is -2.25. The Balaban J connectivity index is 2.32. The lowest BCUT2D eigenvalue weighted by Gasteiger charge is -2.21. The van der Waals surface area contributed by atoms with E-state index in [9.17, 15) is 0 Å². The minimum atomic E-state index is 0.285. The minimum absolute atomic E-state index is 0.285. The molecule has 0 aliphatic carbocycles. The van der Waals surface area contributed by atoms with Crippen molar-refractivity contribution in [1.82, 2.24) is 9.97 Å². The molecule has 1 aliphatic heterocycles. The maximum absolute atomic E-state index is 5.98. The zero-order chi connectivity index (χ0) is 13.3. The van der Waals surface area contributed by atoms with E-state index in [4.69, 9.17) is 10.5 Å². The van der Waals surface area contributed by atoms with Crippen LogP contribution < -0.4 is 10.6 Å². The molecule has 18 heavy (non-hydrogen) atoms. The van der Waals surface area contributed by atoms with Gasteiger partial charge in [0.2, 0.25) is 0 Å². The van der Waals surface area contributed by atoms with Gasteiger partial charge in [0.05, 0.1) is 6.10 Å². The molecule has 0 aromatic carbocycles. The molecule has 0 spiro atoms. The van der Waals surface area contributed by atoms with E-state index in [2.05, 4.69) is 28.7 Å². The second-order valence-electron chi connectivity index (χ2n) is 5.16. The van der Waals surface area contributed by atoms with E-state index in [0.29, 0.717) is 11.9 Å². The van der Waals surface area contributed by atoms with Gasteiger partial charge in [-0.1, -0.05) is 13.8 Å². The zero-order valence-electron chi connectivity index (χ0n) is 11.6. The standard InChI is InChI=1S/C13H22N4O/c1-8(2)12-15-11(14)9(3)13(16-12)17-6-5-10(7-17)18-4/h8,10H,5-7H2,1-4H3,(H2,14,15,16). The molecule has 1 aromatic heterocycles. The summed E-state index contributed by atoms with van der Waals surface area (Å²) < 4.78 is 5.39. The lowest BCUT2D eigenvalue weighted by atomic mass is 10.2. The third-order valence-electron chi connectivity index (χ3n) is 3.47. The van der Waals surface area contributed by atoms with Crippen molar-refractivity contribution in [2.75, 3.05) is 30.8 Å². The summed E-state index contributed by atoms with van der Waals surface area (Å²) in [6, 6.07) is 0. The normalized spacial score (nSPS) is 19.8. The zero-order valence-corrected chi connectivity index (χ0v) is 11.6. The van der Waals surface area contributed by atoms with Crippen molar-refractivity contribution in [3.63, 3.8) is 0 Å². The van der Waals surface area contributed by atoms with Crippen LogP contribution in [0.5, 0.6) is 0 Å². The number of nitrogens with zero attached hydrogens (tertiary/aromatic N) is 3. The van der Waals surface area contributed by atoms with E-state index < -0.39 is 0 Å². The molecule has 2 N–H and O–H groups in total. The van der Waals surface area contributed by atoms with Crippen LogP contribution in [0.1, 0.15) is 37.6 Å². The summed E-state index contributed by atoms with van der Waals surface area (Å²) in [5.41, 5.74) is 6.95. The highest BCUT2D eigenvalue weighted by Gasteiger charge is 2.25. The van der Waals surface area contributed by atoms with E-state index in [1.165, 1.54) is 0 Å². The van der Waals surface area contributed by atoms with Gasteiger partial charge < -0.3 is 15.4 Å². The molecule has 0 bridgehead atoms. The van der Waals surface area contributed by atoms with Crippen LogP contribution in [0.2, 0.25) is 0 Å². The molecular weight excluding hydrogens is 228 g/mol. The summed E-state index contributed by atoms with van der Waals surface area (Å²) in [7, 11) is 1.76. The van der Waals surface area contributed by atoms with Gasteiger partial charge in [-0.2, -0.15) is 0 Å². The van der Waals surface area contributed by atoms with Crippen LogP contribution in [0, 0.1) is 6.92 Å². The fourth-order valence-corrected chi connectivity index (χ4v) is 2.22. The van der Waals surface area contributed by atoms with Gasteiger partial charge in [0.15, 0.2) is 0 Å². The Labute approximate surface area is 108 Å². The van der Waals surface area contributed by atoms with Gasteiger partial charge in [0, 0.05) is 31.7 Å². The first-order valence-corrected chi connectivity index (χ1v) is 6.44. The molecule has 0 amide bonds. The van der Waals surface area contributed by atoms with Crippen molar-refractivity contribution >= 4 is 11.6 Å². The molecule has 0 saturated carbocycles. The average Bonchev–Trinajstić information content (AvgIpc) is 2.80. The molecule has 1 aliphatic rings. The Bertz CT molecular complexity index is 433. The van der Waals surface area contributed by atoms with Crippen molar-refractivity contribution in [3.05, 3.63) is 11.4 Å². The van der Waals surface area contributed by atoms with Gasteiger partial charge in [-0.3, -0.25) is 0 Å². The van der Waals surface area contributed by atoms with E-state index >= 15 is 0 Å². The van der Waals surface area contributed by atoms with Crippen LogP contribution in [0.15, 0.2) is 0 Å². The number of methoxy groups -OCH3 is 1. The first-order valence-electron chi connectivity index (χ1n) is 6.44. The monoisotopic (exact) mass is 250 g/mol. The van der Waals surface area contributed by atoms with Crippen molar-refractivity contribution in [2.45, 2.75) is 39.2 Å². The molecule has 1 atom stereocenters. The van der Waals surface area contributed by atoms with E-state index in [1.807, 2.05) is 6.92 Å². The highest BCUT2D eigenvalue weighted by atomic mass is 16.5. The Kier molecular flexibility index (Phi) is 3.71. The Morgan fingerprint density at radius 1 is 1.39 bits per heavy atom. The maximum Gasteiger partial charge on any atom is 0.137 e. The number of anilines is 2.